The van der Waals surface area contributed by atoms with Gasteiger partial charge in [-0.25, -0.2) is 13.4 Å². The zero-order chi connectivity index (χ0) is 15.5. The Hall–Kier alpha value is -1.98. The van der Waals surface area contributed by atoms with Crippen LogP contribution in [0.4, 0.5) is 0 Å². The van der Waals surface area contributed by atoms with E-state index in [-0.39, 0.29) is 17.1 Å². The van der Waals surface area contributed by atoms with Gasteiger partial charge < -0.3 is 4.74 Å². The highest BCUT2D eigenvalue weighted by atomic mass is 32.2. The van der Waals surface area contributed by atoms with Crippen molar-refractivity contribution in [1.29, 1.82) is 5.26 Å². The summed E-state index contributed by atoms with van der Waals surface area (Å²) in [6.07, 6.45) is 3.18. The predicted octanol–water partition coefficient (Wildman–Crippen LogP) is 0.669. The third-order valence-corrected chi connectivity index (χ3v) is 5.33. The molecule has 7 nitrogen and oxygen atoms in total. The number of nitrogens with zero attached hydrogens (tertiary/aromatic N) is 3. The summed E-state index contributed by atoms with van der Waals surface area (Å²) >= 11 is 0. The van der Waals surface area contributed by atoms with E-state index in [1.165, 1.54) is 25.4 Å². The molecule has 2 rings (SSSR count). The minimum Gasteiger partial charge on any atom is -0.468 e. The summed E-state index contributed by atoms with van der Waals surface area (Å²) in [4.78, 5) is 15.4. The molecule has 0 bridgehead atoms. The van der Waals surface area contributed by atoms with E-state index in [9.17, 15) is 13.2 Å². The summed E-state index contributed by atoms with van der Waals surface area (Å²) < 4.78 is 31.2. The van der Waals surface area contributed by atoms with Crippen molar-refractivity contribution in [3.05, 3.63) is 24.0 Å². The molecule has 0 aromatic carbocycles. The fraction of sp³-hybridized carbons (Fsp3) is 0.462. The molecule has 0 amide bonds. The highest BCUT2D eigenvalue weighted by molar-refractivity contribution is 7.89. The third kappa shape index (κ3) is 2.89. The largest absolute Gasteiger partial charge is 0.468 e. The van der Waals surface area contributed by atoms with Crippen molar-refractivity contribution in [1.82, 2.24) is 9.29 Å². The van der Waals surface area contributed by atoms with Crippen LogP contribution in [0.5, 0.6) is 0 Å². The standard InChI is InChI=1S/C13H15N3O4S/c1-20-13(17)11-5-2-3-8-16(11)21(18,19)12-6-4-7-15-10(12)9-14/h4,6-7,11H,2-3,5,8H2,1H3/t11-/m1/s1. The summed E-state index contributed by atoms with van der Waals surface area (Å²) in [5.41, 5.74) is -0.174. The Morgan fingerprint density at radius 2 is 2.29 bits per heavy atom. The molecule has 0 N–H and O–H groups in total. The van der Waals surface area contributed by atoms with E-state index in [1.54, 1.807) is 6.07 Å². The second kappa shape index (κ2) is 6.20. The molecule has 8 heteroatoms. The normalized spacial score (nSPS) is 19.7. The molecule has 0 aliphatic carbocycles. The Morgan fingerprint density at radius 1 is 1.52 bits per heavy atom. The van der Waals surface area contributed by atoms with Gasteiger partial charge in [0.15, 0.2) is 5.69 Å². The molecule has 112 valence electrons. The maximum Gasteiger partial charge on any atom is 0.324 e. The van der Waals surface area contributed by atoms with Gasteiger partial charge >= 0.3 is 5.97 Å². The Balaban J connectivity index is 2.46. The average molecular weight is 309 g/mol. The average Bonchev–Trinajstić information content (AvgIpc) is 2.54. The number of piperidine rings is 1. The Morgan fingerprint density at radius 3 is 2.95 bits per heavy atom. The first kappa shape index (κ1) is 15.4. The first-order chi connectivity index (χ1) is 10.0. The van der Waals surface area contributed by atoms with Gasteiger partial charge in [-0.1, -0.05) is 0 Å². The Bertz CT molecular complexity index is 681. The second-order valence-electron chi connectivity index (χ2n) is 4.61. The summed E-state index contributed by atoms with van der Waals surface area (Å²) in [5, 5.41) is 9.01. The number of methoxy groups -OCH3 is 1. The molecule has 1 aromatic heterocycles. The van der Waals surface area contributed by atoms with Gasteiger partial charge in [0.2, 0.25) is 10.0 Å². The van der Waals surface area contributed by atoms with Crippen LogP contribution >= 0.6 is 0 Å². The van der Waals surface area contributed by atoms with Gasteiger partial charge in [-0.3, -0.25) is 4.79 Å². The number of hydrogen-bond donors (Lipinski definition) is 0. The first-order valence-electron chi connectivity index (χ1n) is 6.47. The van der Waals surface area contributed by atoms with E-state index in [0.29, 0.717) is 12.8 Å². The molecule has 1 aliphatic heterocycles. The zero-order valence-electron chi connectivity index (χ0n) is 11.5. The van der Waals surface area contributed by atoms with Crippen molar-refractivity contribution in [3.8, 4) is 6.07 Å². The zero-order valence-corrected chi connectivity index (χ0v) is 12.3. The van der Waals surface area contributed by atoms with E-state index in [2.05, 4.69) is 9.72 Å². The number of carbonyl (C=O) groups is 1. The molecule has 1 fully saturated rings. The topological polar surface area (TPSA) is 100 Å². The second-order valence-corrected chi connectivity index (χ2v) is 6.47. The van der Waals surface area contributed by atoms with Gasteiger partial charge in [-0.05, 0) is 31.4 Å². The predicted molar refractivity (Wildman–Crippen MR) is 72.5 cm³/mol. The van der Waals surface area contributed by atoms with Crippen molar-refractivity contribution in [3.63, 3.8) is 0 Å². The van der Waals surface area contributed by atoms with Crippen LogP contribution in [-0.2, 0) is 19.6 Å². The SMILES string of the molecule is COC(=O)[C@H]1CCCCN1S(=O)(=O)c1cccnc1C#N. The van der Waals surface area contributed by atoms with Gasteiger partial charge in [0.1, 0.15) is 17.0 Å². The van der Waals surface area contributed by atoms with Crippen molar-refractivity contribution in [2.75, 3.05) is 13.7 Å². The fourth-order valence-corrected chi connectivity index (χ4v) is 4.12. The molecule has 1 aromatic rings. The number of esters is 1. The lowest BCUT2D eigenvalue weighted by molar-refractivity contribution is -0.146. The quantitative estimate of drug-likeness (QED) is 0.761. The van der Waals surface area contributed by atoms with Gasteiger partial charge in [0.05, 0.1) is 7.11 Å². The molecule has 0 saturated carbocycles. The molecule has 0 unspecified atom stereocenters. The number of ether oxygens (including phenoxy) is 1. The van der Waals surface area contributed by atoms with E-state index < -0.39 is 22.0 Å². The van der Waals surface area contributed by atoms with Crippen LogP contribution in [0.15, 0.2) is 23.2 Å². The number of sulfonamides is 1. The molecule has 1 aliphatic rings. The van der Waals surface area contributed by atoms with Crippen LogP contribution in [0, 0.1) is 11.3 Å². The molecule has 2 heterocycles. The van der Waals surface area contributed by atoms with Gasteiger partial charge in [0.25, 0.3) is 0 Å². The molecule has 1 atom stereocenters. The van der Waals surface area contributed by atoms with Gasteiger partial charge in [-0.2, -0.15) is 9.57 Å². The summed E-state index contributed by atoms with van der Waals surface area (Å²) in [7, 11) is -2.73. The smallest absolute Gasteiger partial charge is 0.324 e. The maximum absolute atomic E-state index is 12.7. The van der Waals surface area contributed by atoms with Gasteiger partial charge in [0, 0.05) is 12.7 Å². The van der Waals surface area contributed by atoms with E-state index >= 15 is 0 Å². The number of carbonyl (C=O) groups excluding carboxylic acids is 1. The molecular weight excluding hydrogens is 294 g/mol. The van der Waals surface area contributed by atoms with Crippen LogP contribution in [0.25, 0.3) is 0 Å². The monoisotopic (exact) mass is 309 g/mol. The lowest BCUT2D eigenvalue weighted by Gasteiger charge is -2.32. The summed E-state index contributed by atoms with van der Waals surface area (Å²) in [6.45, 7) is 0.224. The highest BCUT2D eigenvalue weighted by Crippen LogP contribution is 2.27. The van der Waals surface area contributed by atoms with Gasteiger partial charge in [-0.15, -0.1) is 0 Å². The Labute approximate surface area is 123 Å². The van der Waals surface area contributed by atoms with E-state index in [1.807, 2.05) is 0 Å². The lowest BCUT2D eigenvalue weighted by atomic mass is 10.1. The van der Waals surface area contributed by atoms with Crippen molar-refractivity contribution in [2.45, 2.75) is 30.2 Å². The molecule has 1 saturated heterocycles. The number of hydrogen-bond acceptors (Lipinski definition) is 6. The highest BCUT2D eigenvalue weighted by Gasteiger charge is 2.39. The minimum absolute atomic E-state index is 0.174. The molecular formula is C13H15N3O4S. The summed E-state index contributed by atoms with van der Waals surface area (Å²) in [6, 6.07) is 3.69. The fourth-order valence-electron chi connectivity index (χ4n) is 2.37. The first-order valence-corrected chi connectivity index (χ1v) is 7.91. The molecule has 0 radical (unpaired) electrons. The summed E-state index contributed by atoms with van der Waals surface area (Å²) in [5.74, 6) is -0.583. The number of pyridine rings is 1. The number of aromatic nitrogens is 1. The van der Waals surface area contributed by atoms with E-state index in [4.69, 9.17) is 5.26 Å². The maximum atomic E-state index is 12.7. The lowest BCUT2D eigenvalue weighted by Crippen LogP contribution is -2.48. The van der Waals surface area contributed by atoms with Crippen LogP contribution in [0.2, 0.25) is 0 Å². The van der Waals surface area contributed by atoms with Crippen molar-refractivity contribution >= 4 is 16.0 Å². The van der Waals surface area contributed by atoms with Crippen molar-refractivity contribution in [2.24, 2.45) is 0 Å². The number of nitriles is 1. The van der Waals surface area contributed by atoms with Crippen molar-refractivity contribution < 1.29 is 17.9 Å². The van der Waals surface area contributed by atoms with Crippen LogP contribution in [0.3, 0.4) is 0 Å². The van der Waals surface area contributed by atoms with E-state index in [0.717, 1.165) is 10.7 Å². The minimum atomic E-state index is -3.96. The molecule has 0 spiro atoms. The van der Waals surface area contributed by atoms with Crippen LogP contribution in [-0.4, -0.2) is 43.4 Å². The third-order valence-electron chi connectivity index (χ3n) is 3.39. The number of rotatable bonds is 3. The Kier molecular flexibility index (Phi) is 4.55. The van der Waals surface area contributed by atoms with Crippen LogP contribution in [0.1, 0.15) is 25.0 Å². The van der Waals surface area contributed by atoms with Crippen LogP contribution < -0.4 is 0 Å². The molecule has 21 heavy (non-hydrogen) atoms.